The molecule has 0 aliphatic rings. The number of hydrogen-bond donors (Lipinski definition) is 0. The Labute approximate surface area is 98.4 Å². The van der Waals surface area contributed by atoms with Crippen LogP contribution in [0.15, 0.2) is 24.3 Å². The van der Waals surface area contributed by atoms with E-state index >= 15 is 0 Å². The van der Waals surface area contributed by atoms with Crippen LogP contribution in [0.1, 0.15) is 12.0 Å². The second-order valence-electron chi connectivity index (χ2n) is 2.86. The lowest BCUT2D eigenvalue weighted by Crippen LogP contribution is -1.96. The molecule has 1 aromatic carbocycles. The van der Waals surface area contributed by atoms with Crippen molar-refractivity contribution in [3.8, 4) is 0 Å². The van der Waals surface area contributed by atoms with Crippen LogP contribution in [0.2, 0.25) is 10.0 Å². The number of ether oxygens (including phenoxy) is 1. The van der Waals surface area contributed by atoms with E-state index in [1.165, 1.54) is 7.11 Å². The summed E-state index contributed by atoms with van der Waals surface area (Å²) in [5.74, 6) is -0.272. The van der Waals surface area contributed by atoms with Gasteiger partial charge in [0.2, 0.25) is 0 Å². The minimum Gasteiger partial charge on any atom is -0.469 e. The van der Waals surface area contributed by atoms with Crippen LogP contribution in [0.5, 0.6) is 0 Å². The monoisotopic (exact) mass is 244 g/mol. The van der Waals surface area contributed by atoms with E-state index in [9.17, 15) is 4.79 Å². The van der Waals surface area contributed by atoms with E-state index in [0.717, 1.165) is 5.56 Å². The molecule has 80 valence electrons. The Morgan fingerprint density at radius 2 is 2.13 bits per heavy atom. The van der Waals surface area contributed by atoms with E-state index in [1.807, 2.05) is 6.07 Å². The third-order valence-electron chi connectivity index (χ3n) is 1.77. The molecule has 0 spiro atoms. The van der Waals surface area contributed by atoms with Gasteiger partial charge in [-0.25, -0.2) is 0 Å². The Hall–Kier alpha value is -0.990. The lowest BCUT2D eigenvalue weighted by Gasteiger charge is -1.97. The largest absolute Gasteiger partial charge is 0.469 e. The third-order valence-corrected chi connectivity index (χ3v) is 2.51. The van der Waals surface area contributed by atoms with Crippen LogP contribution in [0.3, 0.4) is 0 Å². The Kier molecular flexibility index (Phi) is 4.66. The van der Waals surface area contributed by atoms with Gasteiger partial charge in [0.05, 0.1) is 23.6 Å². The summed E-state index contributed by atoms with van der Waals surface area (Å²) in [7, 11) is 1.36. The topological polar surface area (TPSA) is 26.3 Å². The molecule has 0 radical (unpaired) electrons. The average molecular weight is 245 g/mol. The number of rotatable bonds is 3. The molecular weight excluding hydrogens is 235 g/mol. The van der Waals surface area contributed by atoms with Crippen molar-refractivity contribution in [2.45, 2.75) is 6.42 Å². The molecule has 0 unspecified atom stereocenters. The maximum Gasteiger partial charge on any atom is 0.309 e. The quantitative estimate of drug-likeness (QED) is 0.761. The molecule has 0 saturated heterocycles. The summed E-state index contributed by atoms with van der Waals surface area (Å²) in [6.07, 6.45) is 3.75. The van der Waals surface area contributed by atoms with Gasteiger partial charge in [-0.2, -0.15) is 0 Å². The molecule has 0 aliphatic heterocycles. The van der Waals surface area contributed by atoms with Gasteiger partial charge in [0.25, 0.3) is 0 Å². The molecular formula is C11H10Cl2O2. The maximum absolute atomic E-state index is 10.8. The summed E-state index contributed by atoms with van der Waals surface area (Å²) in [5, 5.41) is 1.01. The Bertz CT molecular complexity index is 386. The van der Waals surface area contributed by atoms with Gasteiger partial charge in [-0.3, -0.25) is 4.79 Å². The lowest BCUT2D eigenvalue weighted by atomic mass is 10.2. The van der Waals surface area contributed by atoms with E-state index in [0.29, 0.717) is 10.0 Å². The summed E-state index contributed by atoms with van der Waals surface area (Å²) in [6, 6.07) is 5.27. The van der Waals surface area contributed by atoms with Gasteiger partial charge in [0, 0.05) is 0 Å². The zero-order valence-electron chi connectivity index (χ0n) is 8.17. The summed E-state index contributed by atoms with van der Waals surface area (Å²) in [4.78, 5) is 10.8. The molecule has 0 heterocycles. The second kappa shape index (κ2) is 5.79. The molecule has 2 nitrogen and oxygen atoms in total. The normalized spacial score (nSPS) is 10.6. The predicted octanol–water partition coefficient (Wildman–Crippen LogP) is 3.57. The molecule has 1 rings (SSSR count). The summed E-state index contributed by atoms with van der Waals surface area (Å²) >= 11 is 11.6. The first-order valence-corrected chi connectivity index (χ1v) is 5.07. The van der Waals surface area contributed by atoms with Crippen molar-refractivity contribution in [2.75, 3.05) is 7.11 Å². The first-order chi connectivity index (χ1) is 7.13. The number of methoxy groups -OCH3 is 1. The molecule has 15 heavy (non-hydrogen) atoms. The third kappa shape index (κ3) is 3.94. The minimum absolute atomic E-state index is 0.247. The van der Waals surface area contributed by atoms with Crippen LogP contribution in [0.4, 0.5) is 0 Å². The van der Waals surface area contributed by atoms with Crippen LogP contribution in [0.25, 0.3) is 6.08 Å². The van der Waals surface area contributed by atoms with Gasteiger partial charge in [-0.15, -0.1) is 0 Å². The fourth-order valence-electron chi connectivity index (χ4n) is 0.991. The van der Waals surface area contributed by atoms with Crippen LogP contribution in [-0.2, 0) is 9.53 Å². The molecule has 0 bridgehead atoms. The molecule has 0 N–H and O–H groups in total. The van der Waals surface area contributed by atoms with Crippen LogP contribution in [0, 0.1) is 0 Å². The summed E-state index contributed by atoms with van der Waals surface area (Å²) in [6.45, 7) is 0. The standard InChI is InChI=1S/C11H10Cl2O2/c1-15-11(14)4-2-3-8-5-6-9(12)10(13)7-8/h2-3,5-7H,4H2,1H3. The van der Waals surface area contributed by atoms with Crippen LogP contribution >= 0.6 is 23.2 Å². The van der Waals surface area contributed by atoms with Crippen molar-refractivity contribution in [1.29, 1.82) is 0 Å². The highest BCUT2D eigenvalue weighted by atomic mass is 35.5. The van der Waals surface area contributed by atoms with Gasteiger partial charge in [0.15, 0.2) is 0 Å². The molecule has 0 aromatic heterocycles. The Morgan fingerprint density at radius 3 is 2.73 bits per heavy atom. The fraction of sp³-hybridized carbons (Fsp3) is 0.182. The van der Waals surface area contributed by atoms with Gasteiger partial charge in [-0.05, 0) is 17.7 Å². The zero-order valence-corrected chi connectivity index (χ0v) is 9.68. The van der Waals surface area contributed by atoms with Crippen molar-refractivity contribution < 1.29 is 9.53 Å². The van der Waals surface area contributed by atoms with E-state index in [1.54, 1.807) is 24.3 Å². The first kappa shape index (κ1) is 12.1. The lowest BCUT2D eigenvalue weighted by molar-refractivity contribution is -0.139. The maximum atomic E-state index is 10.8. The molecule has 4 heteroatoms. The van der Waals surface area contributed by atoms with E-state index in [2.05, 4.69) is 4.74 Å². The van der Waals surface area contributed by atoms with Crippen molar-refractivity contribution in [2.24, 2.45) is 0 Å². The Morgan fingerprint density at radius 1 is 1.40 bits per heavy atom. The van der Waals surface area contributed by atoms with Gasteiger partial charge < -0.3 is 4.74 Å². The highest BCUT2D eigenvalue weighted by Crippen LogP contribution is 2.23. The van der Waals surface area contributed by atoms with Gasteiger partial charge in [-0.1, -0.05) is 41.4 Å². The SMILES string of the molecule is COC(=O)CC=Cc1ccc(Cl)c(Cl)c1. The highest BCUT2D eigenvalue weighted by molar-refractivity contribution is 6.42. The van der Waals surface area contributed by atoms with Crippen LogP contribution < -0.4 is 0 Å². The number of esters is 1. The molecule has 0 aliphatic carbocycles. The van der Waals surface area contributed by atoms with Crippen molar-refractivity contribution >= 4 is 35.2 Å². The molecule has 0 saturated carbocycles. The number of hydrogen-bond acceptors (Lipinski definition) is 2. The average Bonchev–Trinajstić information content (AvgIpc) is 2.23. The smallest absolute Gasteiger partial charge is 0.309 e. The number of carbonyl (C=O) groups excluding carboxylic acids is 1. The minimum atomic E-state index is -0.272. The van der Waals surface area contributed by atoms with E-state index in [-0.39, 0.29) is 12.4 Å². The number of halogens is 2. The molecule has 0 amide bonds. The summed E-state index contributed by atoms with van der Waals surface area (Å²) < 4.78 is 4.49. The molecule has 1 aromatic rings. The summed E-state index contributed by atoms with van der Waals surface area (Å²) in [5.41, 5.74) is 0.897. The van der Waals surface area contributed by atoms with Crippen LogP contribution in [-0.4, -0.2) is 13.1 Å². The predicted molar refractivity (Wildman–Crippen MR) is 62.1 cm³/mol. The van der Waals surface area contributed by atoms with E-state index in [4.69, 9.17) is 23.2 Å². The fourth-order valence-corrected chi connectivity index (χ4v) is 1.30. The number of carbonyl (C=O) groups is 1. The second-order valence-corrected chi connectivity index (χ2v) is 3.67. The first-order valence-electron chi connectivity index (χ1n) is 4.32. The van der Waals surface area contributed by atoms with Crippen molar-refractivity contribution in [3.63, 3.8) is 0 Å². The van der Waals surface area contributed by atoms with Crippen molar-refractivity contribution in [3.05, 3.63) is 39.9 Å². The molecule has 0 atom stereocenters. The van der Waals surface area contributed by atoms with Crippen molar-refractivity contribution in [1.82, 2.24) is 0 Å². The Balaban J connectivity index is 2.65. The zero-order chi connectivity index (χ0) is 11.3. The number of benzene rings is 1. The van der Waals surface area contributed by atoms with Gasteiger partial charge in [0.1, 0.15) is 0 Å². The van der Waals surface area contributed by atoms with E-state index < -0.39 is 0 Å². The highest BCUT2D eigenvalue weighted by Gasteiger charge is 1.97. The van der Waals surface area contributed by atoms with Gasteiger partial charge >= 0.3 is 5.97 Å². The molecule has 0 fully saturated rings.